The van der Waals surface area contributed by atoms with Crippen molar-refractivity contribution in [1.82, 2.24) is 14.9 Å². The van der Waals surface area contributed by atoms with Crippen LogP contribution < -0.4 is 9.47 Å². The number of rotatable bonds is 7. The Morgan fingerprint density at radius 3 is 2.88 bits per heavy atom. The second-order valence-corrected chi connectivity index (χ2v) is 7.02. The molecule has 2 aromatic rings. The molecule has 138 valence electrons. The van der Waals surface area contributed by atoms with Crippen LogP contribution in [0.15, 0.2) is 42.7 Å². The van der Waals surface area contributed by atoms with E-state index in [1.807, 2.05) is 24.3 Å². The zero-order valence-corrected chi connectivity index (χ0v) is 15.1. The molecular weight excluding hydrogens is 330 g/mol. The molecule has 2 aliphatic heterocycles. The Kier molecular flexibility index (Phi) is 5.04. The van der Waals surface area contributed by atoms with Gasteiger partial charge in [0, 0.05) is 50.3 Å². The number of hydrogen-bond acceptors (Lipinski definition) is 6. The van der Waals surface area contributed by atoms with Crippen molar-refractivity contribution in [2.45, 2.75) is 25.0 Å². The summed E-state index contributed by atoms with van der Waals surface area (Å²) in [6, 6.07) is 9.76. The molecule has 0 amide bonds. The van der Waals surface area contributed by atoms with E-state index < -0.39 is 0 Å². The van der Waals surface area contributed by atoms with Crippen molar-refractivity contribution in [3.63, 3.8) is 0 Å². The number of methoxy groups -OCH3 is 1. The predicted octanol–water partition coefficient (Wildman–Crippen LogP) is 2.55. The molecule has 6 heteroatoms. The topological polar surface area (TPSA) is 56.7 Å². The highest BCUT2D eigenvalue weighted by Crippen LogP contribution is 2.42. The van der Waals surface area contributed by atoms with Crippen LogP contribution in [0.5, 0.6) is 11.8 Å². The molecule has 1 spiro atoms. The molecule has 0 N–H and O–H groups in total. The summed E-state index contributed by atoms with van der Waals surface area (Å²) in [6.07, 6.45) is 5.62. The molecule has 6 nitrogen and oxygen atoms in total. The van der Waals surface area contributed by atoms with Crippen LogP contribution in [0.4, 0.5) is 0 Å². The van der Waals surface area contributed by atoms with Crippen molar-refractivity contribution in [2.75, 3.05) is 33.4 Å². The highest BCUT2D eigenvalue weighted by molar-refractivity contribution is 5.26. The van der Waals surface area contributed by atoms with E-state index in [0.717, 1.165) is 44.6 Å². The first-order chi connectivity index (χ1) is 12.8. The predicted molar refractivity (Wildman–Crippen MR) is 97.2 cm³/mol. The number of likely N-dealkylation sites (tertiary alicyclic amines) is 1. The Morgan fingerprint density at radius 2 is 2.08 bits per heavy atom. The van der Waals surface area contributed by atoms with Crippen LogP contribution >= 0.6 is 0 Å². The van der Waals surface area contributed by atoms with Gasteiger partial charge in [-0.1, -0.05) is 12.1 Å². The van der Waals surface area contributed by atoms with Crippen molar-refractivity contribution in [3.05, 3.63) is 48.3 Å². The Hall–Kier alpha value is -2.18. The van der Waals surface area contributed by atoms with Crippen LogP contribution in [0, 0.1) is 5.92 Å². The van der Waals surface area contributed by atoms with Crippen molar-refractivity contribution >= 4 is 0 Å². The molecule has 2 aliphatic rings. The molecular formula is C20H25N3O3. The van der Waals surface area contributed by atoms with E-state index in [1.165, 1.54) is 0 Å². The van der Waals surface area contributed by atoms with Crippen LogP contribution in [-0.4, -0.2) is 53.9 Å². The average Bonchev–Trinajstić information content (AvgIpc) is 3.07. The number of aromatic nitrogens is 2. The van der Waals surface area contributed by atoms with Gasteiger partial charge in [0.1, 0.15) is 0 Å². The third-order valence-electron chi connectivity index (χ3n) is 5.37. The average molecular weight is 355 g/mol. The Labute approximate surface area is 154 Å². The van der Waals surface area contributed by atoms with Crippen LogP contribution in [0.1, 0.15) is 18.4 Å². The van der Waals surface area contributed by atoms with E-state index in [1.54, 1.807) is 19.5 Å². The van der Waals surface area contributed by atoms with E-state index in [0.29, 0.717) is 24.3 Å². The Bertz CT molecular complexity index is 719. The standard InChI is InChI=1S/C20H25N3O3/c1-24-19-16(5-4-10-22-19)13-23-14-20(15-23)17(8-12-26-20)7-11-25-18-6-2-3-9-21-18/h2-6,9-10,17H,7-8,11-15H2,1H3/t17-/m1/s1. The molecule has 2 saturated heterocycles. The number of nitrogens with zero attached hydrogens (tertiary/aromatic N) is 3. The first-order valence-electron chi connectivity index (χ1n) is 9.17. The fraction of sp³-hybridized carbons (Fsp3) is 0.500. The van der Waals surface area contributed by atoms with Crippen molar-refractivity contribution < 1.29 is 14.2 Å². The fourth-order valence-electron chi connectivity index (χ4n) is 4.07. The van der Waals surface area contributed by atoms with Crippen LogP contribution in [-0.2, 0) is 11.3 Å². The van der Waals surface area contributed by atoms with Gasteiger partial charge in [-0.3, -0.25) is 4.90 Å². The van der Waals surface area contributed by atoms with Gasteiger partial charge in [0.05, 0.1) is 19.3 Å². The van der Waals surface area contributed by atoms with Crippen LogP contribution in [0.3, 0.4) is 0 Å². The lowest BCUT2D eigenvalue weighted by atomic mass is 9.79. The molecule has 4 rings (SSSR count). The summed E-state index contributed by atoms with van der Waals surface area (Å²) in [5, 5.41) is 0. The second-order valence-electron chi connectivity index (χ2n) is 7.02. The Morgan fingerprint density at radius 1 is 1.19 bits per heavy atom. The maximum Gasteiger partial charge on any atom is 0.217 e. The summed E-state index contributed by atoms with van der Waals surface area (Å²) >= 11 is 0. The number of hydrogen-bond donors (Lipinski definition) is 0. The minimum Gasteiger partial charge on any atom is -0.481 e. The quantitative estimate of drug-likeness (QED) is 0.761. The van der Waals surface area contributed by atoms with Crippen molar-refractivity contribution in [2.24, 2.45) is 5.92 Å². The first kappa shape index (κ1) is 17.2. The summed E-state index contributed by atoms with van der Waals surface area (Å²) in [4.78, 5) is 10.9. The van der Waals surface area contributed by atoms with Gasteiger partial charge in [-0.15, -0.1) is 0 Å². The molecule has 26 heavy (non-hydrogen) atoms. The summed E-state index contributed by atoms with van der Waals surface area (Å²) in [5.74, 6) is 1.94. The minimum atomic E-state index is -0.0110. The lowest BCUT2D eigenvalue weighted by Gasteiger charge is -2.50. The normalized spacial score (nSPS) is 21.5. The summed E-state index contributed by atoms with van der Waals surface area (Å²) < 4.78 is 17.3. The molecule has 4 heterocycles. The SMILES string of the molecule is COc1ncccc1CN1CC2(C1)OCC[C@H]2CCOc1ccccn1. The first-order valence-corrected chi connectivity index (χ1v) is 9.17. The lowest BCUT2D eigenvalue weighted by molar-refractivity contribution is -0.138. The van der Waals surface area contributed by atoms with Gasteiger partial charge in [-0.05, 0) is 30.9 Å². The highest BCUT2D eigenvalue weighted by Gasteiger charge is 2.52. The fourth-order valence-corrected chi connectivity index (χ4v) is 4.07. The lowest BCUT2D eigenvalue weighted by Crippen LogP contribution is -2.64. The van der Waals surface area contributed by atoms with Gasteiger partial charge in [-0.2, -0.15) is 0 Å². The van der Waals surface area contributed by atoms with Gasteiger partial charge in [0.2, 0.25) is 11.8 Å². The van der Waals surface area contributed by atoms with Gasteiger partial charge in [0.25, 0.3) is 0 Å². The van der Waals surface area contributed by atoms with Crippen LogP contribution in [0.2, 0.25) is 0 Å². The van der Waals surface area contributed by atoms with Gasteiger partial charge in [-0.25, -0.2) is 9.97 Å². The maximum atomic E-state index is 6.16. The van der Waals surface area contributed by atoms with Crippen molar-refractivity contribution in [1.29, 1.82) is 0 Å². The minimum absolute atomic E-state index is 0.0110. The van der Waals surface area contributed by atoms with Crippen molar-refractivity contribution in [3.8, 4) is 11.8 Å². The molecule has 0 aromatic carbocycles. The number of ether oxygens (including phenoxy) is 3. The molecule has 0 aliphatic carbocycles. The third kappa shape index (κ3) is 3.52. The molecule has 0 saturated carbocycles. The van der Waals surface area contributed by atoms with Gasteiger partial charge >= 0.3 is 0 Å². The number of pyridine rings is 2. The molecule has 2 fully saturated rings. The summed E-state index contributed by atoms with van der Waals surface area (Å²) in [7, 11) is 1.67. The van der Waals surface area contributed by atoms with Crippen LogP contribution in [0.25, 0.3) is 0 Å². The maximum absolute atomic E-state index is 6.16. The van der Waals surface area contributed by atoms with E-state index in [9.17, 15) is 0 Å². The van der Waals surface area contributed by atoms with E-state index >= 15 is 0 Å². The summed E-state index contributed by atoms with van der Waals surface area (Å²) in [5.41, 5.74) is 1.11. The molecule has 2 aromatic heterocycles. The molecule has 0 bridgehead atoms. The smallest absolute Gasteiger partial charge is 0.217 e. The van der Waals surface area contributed by atoms with Gasteiger partial charge < -0.3 is 14.2 Å². The monoisotopic (exact) mass is 355 g/mol. The van der Waals surface area contributed by atoms with E-state index in [4.69, 9.17) is 14.2 Å². The van der Waals surface area contributed by atoms with Gasteiger partial charge in [0.15, 0.2) is 0 Å². The third-order valence-corrected chi connectivity index (χ3v) is 5.37. The molecule has 1 atom stereocenters. The molecule has 0 radical (unpaired) electrons. The molecule has 0 unspecified atom stereocenters. The van der Waals surface area contributed by atoms with E-state index in [2.05, 4.69) is 20.9 Å². The summed E-state index contributed by atoms with van der Waals surface area (Å²) in [6.45, 7) is 4.29. The largest absolute Gasteiger partial charge is 0.481 e. The zero-order valence-electron chi connectivity index (χ0n) is 15.1. The highest BCUT2D eigenvalue weighted by atomic mass is 16.5. The van der Waals surface area contributed by atoms with E-state index in [-0.39, 0.29) is 5.60 Å². The zero-order chi connectivity index (χ0) is 17.8. The second kappa shape index (κ2) is 7.60. The Balaban J connectivity index is 1.29.